The maximum absolute atomic E-state index is 11.9. The molecule has 0 aromatic heterocycles. The molecular weight excluding hydrogens is 236 g/mol. The summed E-state index contributed by atoms with van der Waals surface area (Å²) < 4.78 is 10.4. The largest absolute Gasteiger partial charge is 0.444 e. The van der Waals surface area contributed by atoms with Gasteiger partial charge in [-0.15, -0.1) is 0 Å². The van der Waals surface area contributed by atoms with Gasteiger partial charge in [-0.3, -0.25) is 0 Å². The highest BCUT2D eigenvalue weighted by molar-refractivity contribution is 5.68. The lowest BCUT2D eigenvalue weighted by atomic mass is 10.1. The molecule has 1 amide bonds. The molecule has 2 atom stereocenters. The van der Waals surface area contributed by atoms with Gasteiger partial charge in [-0.2, -0.15) is 0 Å². The van der Waals surface area contributed by atoms with Crippen molar-refractivity contribution in [3.8, 4) is 0 Å². The maximum atomic E-state index is 11.9. The Balaban J connectivity index is 2.65. The highest BCUT2D eigenvalue weighted by atomic mass is 16.6. The number of azide groups is 1. The second-order valence-corrected chi connectivity index (χ2v) is 5.37. The van der Waals surface area contributed by atoms with Crippen LogP contribution in [0, 0.1) is 5.92 Å². The second kappa shape index (κ2) is 5.93. The monoisotopic (exact) mass is 256 g/mol. The van der Waals surface area contributed by atoms with Crippen molar-refractivity contribution >= 4 is 6.09 Å². The third kappa shape index (κ3) is 4.09. The van der Waals surface area contributed by atoms with E-state index in [1.54, 1.807) is 12.0 Å². The molecule has 0 N–H and O–H groups in total. The van der Waals surface area contributed by atoms with Crippen LogP contribution in [0.4, 0.5) is 4.79 Å². The highest BCUT2D eigenvalue weighted by Gasteiger charge is 2.36. The molecule has 0 radical (unpaired) electrons. The van der Waals surface area contributed by atoms with E-state index in [9.17, 15) is 4.79 Å². The van der Waals surface area contributed by atoms with Crippen molar-refractivity contribution in [2.24, 2.45) is 11.0 Å². The Kier molecular flexibility index (Phi) is 4.81. The summed E-state index contributed by atoms with van der Waals surface area (Å²) >= 11 is 0. The first kappa shape index (κ1) is 14.6. The van der Waals surface area contributed by atoms with Gasteiger partial charge in [-0.1, -0.05) is 5.11 Å². The van der Waals surface area contributed by atoms with Crippen LogP contribution < -0.4 is 0 Å². The van der Waals surface area contributed by atoms with Crippen molar-refractivity contribution in [3.63, 3.8) is 0 Å². The van der Waals surface area contributed by atoms with Gasteiger partial charge in [0, 0.05) is 31.0 Å². The van der Waals surface area contributed by atoms with E-state index in [0.29, 0.717) is 19.7 Å². The highest BCUT2D eigenvalue weighted by Crippen LogP contribution is 2.22. The second-order valence-electron chi connectivity index (χ2n) is 5.37. The summed E-state index contributed by atoms with van der Waals surface area (Å²) in [5.41, 5.74) is 7.98. The van der Waals surface area contributed by atoms with Gasteiger partial charge in [0.1, 0.15) is 5.60 Å². The first-order chi connectivity index (χ1) is 8.37. The molecule has 0 aromatic carbocycles. The van der Waals surface area contributed by atoms with Gasteiger partial charge in [0.25, 0.3) is 0 Å². The molecule has 1 saturated heterocycles. The predicted molar refractivity (Wildman–Crippen MR) is 66.1 cm³/mol. The van der Waals surface area contributed by atoms with Gasteiger partial charge in [0.05, 0.1) is 12.6 Å². The van der Waals surface area contributed by atoms with Crippen molar-refractivity contribution in [3.05, 3.63) is 10.4 Å². The number of carbonyl (C=O) groups is 1. The Bertz CT molecular complexity index is 347. The predicted octanol–water partition coefficient (Wildman–Crippen LogP) is 2.18. The van der Waals surface area contributed by atoms with Gasteiger partial charge < -0.3 is 14.4 Å². The van der Waals surface area contributed by atoms with Gasteiger partial charge in [0.15, 0.2) is 0 Å². The van der Waals surface area contributed by atoms with Crippen LogP contribution in [0.3, 0.4) is 0 Å². The molecule has 18 heavy (non-hydrogen) atoms. The number of hydrogen-bond acceptors (Lipinski definition) is 4. The number of amides is 1. The summed E-state index contributed by atoms with van der Waals surface area (Å²) in [5.74, 6) is 0.0263. The molecule has 7 heteroatoms. The smallest absolute Gasteiger partial charge is 0.410 e. The lowest BCUT2D eigenvalue weighted by Gasteiger charge is -2.24. The standard InChI is InChI=1S/C11H20N4O3/c1-11(2,3)18-10(16)15-5-8(7-17-4)9(6-15)13-14-12/h8-9H,5-7H2,1-4H3/t8-,9-/m0/s1. The lowest BCUT2D eigenvalue weighted by molar-refractivity contribution is 0.0279. The Labute approximate surface area is 107 Å². The van der Waals surface area contributed by atoms with E-state index in [0.717, 1.165) is 0 Å². The zero-order valence-electron chi connectivity index (χ0n) is 11.3. The molecule has 102 valence electrons. The Hall–Kier alpha value is -1.46. The molecule has 0 aliphatic carbocycles. The first-order valence-electron chi connectivity index (χ1n) is 5.88. The minimum Gasteiger partial charge on any atom is -0.444 e. The van der Waals surface area contributed by atoms with Crippen molar-refractivity contribution in [2.75, 3.05) is 26.8 Å². The maximum Gasteiger partial charge on any atom is 0.410 e. The van der Waals surface area contributed by atoms with Crippen LogP contribution in [-0.4, -0.2) is 49.4 Å². The average Bonchev–Trinajstić information content (AvgIpc) is 2.61. The van der Waals surface area contributed by atoms with Crippen molar-refractivity contribution in [2.45, 2.75) is 32.4 Å². The molecule has 1 rings (SSSR count). The van der Waals surface area contributed by atoms with Crippen LogP contribution in [-0.2, 0) is 9.47 Å². The molecule has 0 bridgehead atoms. The van der Waals surface area contributed by atoms with Crippen LogP contribution in [0.15, 0.2) is 5.11 Å². The minimum atomic E-state index is -0.523. The first-order valence-corrected chi connectivity index (χ1v) is 5.88. The molecule has 0 aromatic rings. The van der Waals surface area contributed by atoms with Gasteiger partial charge >= 0.3 is 6.09 Å². The number of rotatable bonds is 3. The molecule has 0 spiro atoms. The molecule has 1 fully saturated rings. The molecule has 0 saturated carbocycles. The number of likely N-dealkylation sites (tertiary alicyclic amines) is 1. The Morgan fingerprint density at radius 1 is 1.50 bits per heavy atom. The Morgan fingerprint density at radius 3 is 2.67 bits per heavy atom. The topological polar surface area (TPSA) is 87.5 Å². The van der Waals surface area contributed by atoms with Crippen molar-refractivity contribution in [1.29, 1.82) is 0 Å². The fourth-order valence-corrected chi connectivity index (χ4v) is 1.90. The summed E-state index contributed by atoms with van der Waals surface area (Å²) in [4.78, 5) is 16.3. The van der Waals surface area contributed by atoms with E-state index in [2.05, 4.69) is 10.0 Å². The van der Waals surface area contributed by atoms with E-state index >= 15 is 0 Å². The fraction of sp³-hybridized carbons (Fsp3) is 0.909. The summed E-state index contributed by atoms with van der Waals surface area (Å²) in [6, 6.07) is -0.248. The average molecular weight is 256 g/mol. The lowest BCUT2D eigenvalue weighted by Crippen LogP contribution is -2.35. The number of nitrogens with zero attached hydrogens (tertiary/aromatic N) is 4. The molecule has 1 aliphatic heterocycles. The molecule has 7 nitrogen and oxygen atoms in total. The summed E-state index contributed by atoms with van der Waals surface area (Å²) in [7, 11) is 1.59. The summed E-state index contributed by atoms with van der Waals surface area (Å²) in [5, 5.41) is 3.70. The molecule has 1 heterocycles. The quantitative estimate of drug-likeness (QED) is 0.440. The zero-order valence-corrected chi connectivity index (χ0v) is 11.3. The molecule has 0 unspecified atom stereocenters. The van der Waals surface area contributed by atoms with E-state index in [-0.39, 0.29) is 18.1 Å². The SMILES string of the molecule is COC[C@@H]1CN(C(=O)OC(C)(C)C)C[C@@H]1N=[N+]=[N-]. The Morgan fingerprint density at radius 2 is 2.17 bits per heavy atom. The fourth-order valence-electron chi connectivity index (χ4n) is 1.90. The van der Waals surface area contributed by atoms with Gasteiger partial charge in [-0.25, -0.2) is 4.79 Å². The van der Waals surface area contributed by atoms with Crippen molar-refractivity contribution in [1.82, 2.24) is 4.90 Å². The number of hydrogen-bond donors (Lipinski definition) is 0. The van der Waals surface area contributed by atoms with Crippen molar-refractivity contribution < 1.29 is 14.3 Å². The van der Waals surface area contributed by atoms with Crippen LogP contribution in [0.25, 0.3) is 10.4 Å². The van der Waals surface area contributed by atoms with Crippen LogP contribution >= 0.6 is 0 Å². The van der Waals surface area contributed by atoms with E-state index < -0.39 is 5.60 Å². The number of ether oxygens (including phenoxy) is 2. The van der Waals surface area contributed by atoms with Crippen LogP contribution in [0.5, 0.6) is 0 Å². The number of methoxy groups -OCH3 is 1. The number of carbonyl (C=O) groups excluding carboxylic acids is 1. The van der Waals surface area contributed by atoms with Gasteiger partial charge in [0.2, 0.25) is 0 Å². The van der Waals surface area contributed by atoms with Gasteiger partial charge in [-0.05, 0) is 26.3 Å². The summed E-state index contributed by atoms with van der Waals surface area (Å²) in [6.07, 6.45) is -0.376. The third-order valence-corrected chi connectivity index (χ3v) is 2.64. The van der Waals surface area contributed by atoms with E-state index in [4.69, 9.17) is 15.0 Å². The van der Waals surface area contributed by atoms with Crippen LogP contribution in [0.1, 0.15) is 20.8 Å². The zero-order chi connectivity index (χ0) is 13.8. The third-order valence-electron chi connectivity index (χ3n) is 2.64. The normalized spacial score (nSPS) is 23.7. The minimum absolute atomic E-state index is 0.0263. The van der Waals surface area contributed by atoms with E-state index in [1.807, 2.05) is 20.8 Å². The van der Waals surface area contributed by atoms with Crippen LogP contribution in [0.2, 0.25) is 0 Å². The van der Waals surface area contributed by atoms with E-state index in [1.165, 1.54) is 0 Å². The molecular formula is C11H20N4O3. The summed E-state index contributed by atoms with van der Waals surface area (Å²) in [6.45, 7) is 6.79. The molecule has 1 aliphatic rings.